The Morgan fingerprint density at radius 3 is 1.36 bits per heavy atom. The van der Waals surface area contributed by atoms with Gasteiger partial charge in [-0.05, 0) is 25.0 Å². The first-order valence-electron chi connectivity index (χ1n) is 9.66. The van der Waals surface area contributed by atoms with Gasteiger partial charge in [-0.1, -0.05) is 35.5 Å². The van der Waals surface area contributed by atoms with E-state index in [-0.39, 0.29) is 37.4 Å². The van der Waals surface area contributed by atoms with E-state index in [1.807, 2.05) is 0 Å². The molecule has 2 aliphatic carbocycles. The zero-order valence-electron chi connectivity index (χ0n) is 16.0. The monoisotopic (exact) mass is 424 g/mol. The molecule has 4 N–H and O–H groups in total. The molecule has 0 bridgehead atoms. The number of hydrogen-bond acceptors (Lipinski definition) is 6. The summed E-state index contributed by atoms with van der Waals surface area (Å²) in [6, 6.07) is 0. The molecule has 2 aliphatic heterocycles. The minimum atomic E-state index is 0. The maximum absolute atomic E-state index is 4.69. The lowest BCUT2D eigenvalue weighted by Crippen LogP contribution is -2.29. The summed E-state index contributed by atoms with van der Waals surface area (Å²) in [5, 5.41) is 13.3. The lowest BCUT2D eigenvalue weighted by Gasteiger charge is -2.14. The highest BCUT2D eigenvalue weighted by atomic mass is 35.5. The molecule has 0 aromatic carbocycles. The SMILES string of the molecule is C1=C/C(=N/C2NCCN2)CC=C1CCC1=CC/C(=N\C2NCCN2)C=C1.Cl.Cl. The molecular weight excluding hydrogens is 395 g/mol. The Hall–Kier alpha value is -1.28. The van der Waals surface area contributed by atoms with E-state index in [1.54, 1.807) is 0 Å². The lowest BCUT2D eigenvalue weighted by molar-refractivity contribution is 0.580. The van der Waals surface area contributed by atoms with Crippen molar-refractivity contribution in [1.82, 2.24) is 21.3 Å². The largest absolute Gasteiger partial charge is 0.282 e. The highest BCUT2D eigenvalue weighted by Crippen LogP contribution is 2.20. The van der Waals surface area contributed by atoms with Gasteiger partial charge in [-0.15, -0.1) is 24.8 Å². The summed E-state index contributed by atoms with van der Waals surface area (Å²) in [5.74, 6) is 0. The maximum atomic E-state index is 4.69. The smallest absolute Gasteiger partial charge is 0.153 e. The van der Waals surface area contributed by atoms with E-state index < -0.39 is 0 Å². The van der Waals surface area contributed by atoms with Crippen molar-refractivity contribution in [2.75, 3.05) is 26.2 Å². The summed E-state index contributed by atoms with van der Waals surface area (Å²) >= 11 is 0. The molecule has 154 valence electrons. The topological polar surface area (TPSA) is 72.8 Å². The second kappa shape index (κ2) is 11.7. The van der Waals surface area contributed by atoms with Crippen LogP contribution in [0.2, 0.25) is 0 Å². The van der Waals surface area contributed by atoms with Gasteiger partial charge in [0.05, 0.1) is 0 Å². The molecule has 0 saturated carbocycles. The Kier molecular flexibility index (Phi) is 9.58. The zero-order chi connectivity index (χ0) is 17.6. The first kappa shape index (κ1) is 23.0. The maximum Gasteiger partial charge on any atom is 0.153 e. The van der Waals surface area contributed by atoms with Crippen LogP contribution in [0.15, 0.2) is 57.6 Å². The molecule has 0 spiro atoms. The summed E-state index contributed by atoms with van der Waals surface area (Å²) in [6.07, 6.45) is 17.6. The Morgan fingerprint density at radius 1 is 0.643 bits per heavy atom. The van der Waals surface area contributed by atoms with Gasteiger partial charge in [0, 0.05) is 50.4 Å². The predicted molar refractivity (Wildman–Crippen MR) is 122 cm³/mol. The van der Waals surface area contributed by atoms with Crippen LogP contribution < -0.4 is 21.3 Å². The fourth-order valence-corrected chi connectivity index (χ4v) is 3.50. The van der Waals surface area contributed by atoms with Gasteiger partial charge in [0.15, 0.2) is 12.6 Å². The highest BCUT2D eigenvalue weighted by molar-refractivity contribution is 5.98. The molecule has 28 heavy (non-hydrogen) atoms. The normalized spacial score (nSPS) is 25.6. The molecule has 0 atom stereocenters. The van der Waals surface area contributed by atoms with Gasteiger partial charge in [-0.3, -0.25) is 31.3 Å². The van der Waals surface area contributed by atoms with Gasteiger partial charge in [-0.25, -0.2) is 0 Å². The van der Waals surface area contributed by atoms with Crippen LogP contribution in [-0.4, -0.2) is 50.2 Å². The average molecular weight is 425 g/mol. The van der Waals surface area contributed by atoms with E-state index in [4.69, 9.17) is 0 Å². The van der Waals surface area contributed by atoms with E-state index in [1.165, 1.54) is 11.1 Å². The summed E-state index contributed by atoms with van der Waals surface area (Å²) in [4.78, 5) is 9.37. The third kappa shape index (κ3) is 6.65. The second-order valence-corrected chi connectivity index (χ2v) is 7.00. The molecule has 0 unspecified atom stereocenters. The third-order valence-electron chi connectivity index (χ3n) is 5.02. The standard InChI is InChI=1S/C20H28N6.2ClH/c1(15-3-7-17(8-4-15)25-19-21-11-12-22-19)2-16-5-9-18(10-6-16)26-20-23-13-14-24-20;;/h3-7,9,19-24H,1-2,8,10-14H2;2*1H/b25-17-,26-18-;;. The van der Waals surface area contributed by atoms with E-state index >= 15 is 0 Å². The number of nitrogens with zero attached hydrogens (tertiary/aromatic N) is 2. The van der Waals surface area contributed by atoms with Gasteiger partial charge < -0.3 is 0 Å². The number of rotatable bonds is 5. The van der Waals surface area contributed by atoms with Crippen molar-refractivity contribution in [3.8, 4) is 0 Å². The molecule has 0 amide bonds. The van der Waals surface area contributed by atoms with E-state index in [0.29, 0.717) is 0 Å². The van der Waals surface area contributed by atoms with Crippen molar-refractivity contribution in [3.05, 3.63) is 47.6 Å². The minimum Gasteiger partial charge on any atom is -0.282 e. The summed E-state index contributed by atoms with van der Waals surface area (Å²) < 4.78 is 0. The summed E-state index contributed by atoms with van der Waals surface area (Å²) in [7, 11) is 0. The second-order valence-electron chi connectivity index (χ2n) is 7.00. The van der Waals surface area contributed by atoms with E-state index in [9.17, 15) is 0 Å². The molecule has 2 heterocycles. The highest BCUT2D eigenvalue weighted by Gasteiger charge is 2.13. The van der Waals surface area contributed by atoms with E-state index in [0.717, 1.165) is 63.3 Å². The van der Waals surface area contributed by atoms with Crippen LogP contribution in [0.1, 0.15) is 25.7 Å². The van der Waals surface area contributed by atoms with Crippen molar-refractivity contribution in [2.24, 2.45) is 9.98 Å². The summed E-state index contributed by atoms with van der Waals surface area (Å²) in [6.45, 7) is 3.98. The molecule has 4 aliphatic rings. The van der Waals surface area contributed by atoms with Gasteiger partial charge >= 0.3 is 0 Å². The molecule has 4 rings (SSSR count). The van der Waals surface area contributed by atoms with Gasteiger partial charge in [0.2, 0.25) is 0 Å². The Balaban J connectivity index is 0.00000140. The number of halogens is 2. The van der Waals surface area contributed by atoms with Crippen molar-refractivity contribution in [2.45, 2.75) is 38.3 Å². The van der Waals surface area contributed by atoms with Crippen LogP contribution in [0.25, 0.3) is 0 Å². The van der Waals surface area contributed by atoms with Crippen molar-refractivity contribution in [1.29, 1.82) is 0 Å². The van der Waals surface area contributed by atoms with Gasteiger partial charge in [-0.2, -0.15) is 0 Å². The molecule has 2 saturated heterocycles. The van der Waals surface area contributed by atoms with Crippen molar-refractivity contribution in [3.63, 3.8) is 0 Å². The molecule has 0 aromatic rings. The van der Waals surface area contributed by atoms with Crippen LogP contribution in [-0.2, 0) is 0 Å². The van der Waals surface area contributed by atoms with E-state index in [2.05, 4.69) is 67.7 Å². The number of aliphatic imine (C=N–C) groups is 2. The molecular formula is C20H30Cl2N6. The summed E-state index contributed by atoms with van der Waals surface area (Å²) in [5.41, 5.74) is 5.11. The minimum absolute atomic E-state index is 0. The first-order chi connectivity index (χ1) is 12.8. The molecule has 6 nitrogen and oxygen atoms in total. The lowest BCUT2D eigenvalue weighted by atomic mass is 9.96. The zero-order valence-corrected chi connectivity index (χ0v) is 17.6. The Bertz CT molecular complexity index is 635. The van der Waals surface area contributed by atoms with Crippen LogP contribution >= 0.6 is 24.8 Å². The van der Waals surface area contributed by atoms with Crippen molar-refractivity contribution >= 4 is 36.2 Å². The van der Waals surface area contributed by atoms with Crippen LogP contribution in [0.4, 0.5) is 0 Å². The van der Waals surface area contributed by atoms with Gasteiger partial charge in [0.1, 0.15) is 0 Å². The molecule has 0 aromatic heterocycles. The van der Waals surface area contributed by atoms with Crippen LogP contribution in [0, 0.1) is 0 Å². The fraction of sp³-hybridized carbons (Fsp3) is 0.500. The average Bonchev–Trinajstić information content (AvgIpc) is 3.37. The molecule has 0 radical (unpaired) electrons. The third-order valence-corrected chi connectivity index (χ3v) is 5.02. The van der Waals surface area contributed by atoms with Crippen molar-refractivity contribution < 1.29 is 0 Å². The quantitative estimate of drug-likeness (QED) is 0.545. The molecule has 2 fully saturated rings. The van der Waals surface area contributed by atoms with Crippen LogP contribution in [0.3, 0.4) is 0 Å². The molecule has 8 heteroatoms. The van der Waals surface area contributed by atoms with Crippen LogP contribution in [0.5, 0.6) is 0 Å². The number of allylic oxidation sites excluding steroid dienone is 8. The Morgan fingerprint density at radius 2 is 1.04 bits per heavy atom. The first-order valence-corrected chi connectivity index (χ1v) is 9.66. The van der Waals surface area contributed by atoms with Gasteiger partial charge in [0.25, 0.3) is 0 Å². The number of hydrogen-bond donors (Lipinski definition) is 4. The fourth-order valence-electron chi connectivity index (χ4n) is 3.50. The predicted octanol–water partition coefficient (Wildman–Crippen LogP) is 2.22. The number of nitrogens with one attached hydrogen (secondary N) is 4. The Labute approximate surface area is 179 Å².